The number of nitrogens with one attached hydrogen (secondary N) is 1. The van der Waals surface area contributed by atoms with E-state index in [0.29, 0.717) is 40.1 Å². The molecule has 168 valence electrons. The van der Waals surface area contributed by atoms with Crippen molar-refractivity contribution in [2.45, 2.75) is 12.5 Å². The molecule has 1 N–H and O–H groups in total. The third kappa shape index (κ3) is 2.97. The third-order valence-electron chi connectivity index (χ3n) is 6.16. The molecule has 0 saturated heterocycles. The average Bonchev–Trinajstić information content (AvgIpc) is 3.14. The third-order valence-corrected chi connectivity index (χ3v) is 6.39. The minimum atomic E-state index is -1.14. The minimum Gasteiger partial charge on any atom is -0.492 e. The molecule has 0 amide bonds. The highest BCUT2D eigenvalue weighted by Gasteiger charge is 2.54. The Morgan fingerprint density at radius 3 is 2.47 bits per heavy atom. The normalized spacial score (nSPS) is 17.3. The highest BCUT2D eigenvalue weighted by atomic mass is 35.5. The molecule has 4 aromatic carbocycles. The molecule has 2 aliphatic heterocycles. The molecule has 1 spiro atoms. The Balaban J connectivity index is 1.57. The van der Waals surface area contributed by atoms with E-state index in [2.05, 4.69) is 5.32 Å². The largest absolute Gasteiger partial charge is 0.492 e. The summed E-state index contributed by atoms with van der Waals surface area (Å²) in [5, 5.41) is 3.93. The zero-order valence-electron chi connectivity index (χ0n) is 18.3. The number of anilines is 2. The SMILES string of the molecule is CCOc1ccccc1Nc1cccc2c1C(=O)OC21c2ccccc2Oc2cc(Cl)ccc21. The molecule has 0 aromatic heterocycles. The second-order valence-electron chi connectivity index (χ2n) is 8.09. The Hall–Kier alpha value is -3.96. The van der Waals surface area contributed by atoms with E-state index in [0.717, 1.165) is 22.4 Å². The summed E-state index contributed by atoms with van der Waals surface area (Å²) in [5.41, 5.74) is 3.00. The van der Waals surface area contributed by atoms with Crippen LogP contribution in [0, 0.1) is 0 Å². The van der Waals surface area contributed by atoms with Gasteiger partial charge in [0.05, 0.1) is 23.5 Å². The van der Waals surface area contributed by atoms with Crippen LogP contribution in [0.25, 0.3) is 0 Å². The molecular formula is C28H20ClNO4. The van der Waals surface area contributed by atoms with Crippen LogP contribution in [0.4, 0.5) is 11.4 Å². The molecule has 1 atom stereocenters. The molecule has 0 aliphatic carbocycles. The van der Waals surface area contributed by atoms with E-state index < -0.39 is 11.6 Å². The summed E-state index contributed by atoms with van der Waals surface area (Å²) in [7, 11) is 0. The predicted octanol–water partition coefficient (Wildman–Crippen LogP) is 7.05. The van der Waals surface area contributed by atoms with Crippen molar-refractivity contribution < 1.29 is 19.0 Å². The molecule has 5 nitrogen and oxygen atoms in total. The molecule has 0 radical (unpaired) electrons. The highest BCUT2D eigenvalue weighted by Crippen LogP contribution is 2.57. The standard InChI is InChI=1S/C28H20ClNO4/c1-2-32-24-13-6-4-10-21(24)30-22-11-7-9-20-26(22)27(31)34-28(20)18-8-3-5-12-23(18)33-25-16-17(29)14-15-19(25)28/h3-16,30H,2H2,1H3. The van der Waals surface area contributed by atoms with Crippen molar-refractivity contribution in [1.29, 1.82) is 0 Å². The molecular weight excluding hydrogens is 450 g/mol. The van der Waals surface area contributed by atoms with Gasteiger partial charge in [0, 0.05) is 21.7 Å². The number of hydrogen-bond donors (Lipinski definition) is 1. The van der Waals surface area contributed by atoms with E-state index in [1.807, 2.05) is 79.7 Å². The summed E-state index contributed by atoms with van der Waals surface area (Å²) in [5.74, 6) is 1.48. The first-order valence-electron chi connectivity index (χ1n) is 11.0. The summed E-state index contributed by atoms with van der Waals surface area (Å²) >= 11 is 6.27. The van der Waals surface area contributed by atoms with Gasteiger partial charge in [-0.25, -0.2) is 4.79 Å². The molecule has 2 heterocycles. The van der Waals surface area contributed by atoms with Crippen molar-refractivity contribution in [3.05, 3.63) is 112 Å². The van der Waals surface area contributed by atoms with E-state index in [9.17, 15) is 4.79 Å². The molecule has 4 aromatic rings. The van der Waals surface area contributed by atoms with Crippen molar-refractivity contribution in [3.8, 4) is 17.2 Å². The zero-order valence-corrected chi connectivity index (χ0v) is 19.1. The van der Waals surface area contributed by atoms with E-state index in [1.54, 1.807) is 12.1 Å². The van der Waals surface area contributed by atoms with Gasteiger partial charge >= 0.3 is 5.97 Å². The van der Waals surface area contributed by atoms with Crippen LogP contribution in [0.15, 0.2) is 84.9 Å². The monoisotopic (exact) mass is 469 g/mol. The van der Waals surface area contributed by atoms with Crippen molar-refractivity contribution in [2.24, 2.45) is 0 Å². The Morgan fingerprint density at radius 1 is 0.853 bits per heavy atom. The van der Waals surface area contributed by atoms with E-state index >= 15 is 0 Å². The second-order valence-corrected chi connectivity index (χ2v) is 8.53. The lowest BCUT2D eigenvalue weighted by molar-refractivity contribution is 0.0225. The highest BCUT2D eigenvalue weighted by molar-refractivity contribution is 6.30. The summed E-state index contributed by atoms with van der Waals surface area (Å²) in [4.78, 5) is 13.5. The number of carbonyl (C=O) groups excluding carboxylic acids is 1. The van der Waals surface area contributed by atoms with Gasteiger partial charge in [0.25, 0.3) is 0 Å². The summed E-state index contributed by atoms with van der Waals surface area (Å²) < 4.78 is 18.2. The van der Waals surface area contributed by atoms with Gasteiger partial charge in [0.15, 0.2) is 5.60 Å². The van der Waals surface area contributed by atoms with Crippen LogP contribution >= 0.6 is 11.6 Å². The van der Waals surface area contributed by atoms with Gasteiger partial charge in [0.2, 0.25) is 0 Å². The van der Waals surface area contributed by atoms with Crippen molar-refractivity contribution in [2.75, 3.05) is 11.9 Å². The van der Waals surface area contributed by atoms with Crippen LogP contribution in [0.1, 0.15) is 34.0 Å². The summed E-state index contributed by atoms with van der Waals surface area (Å²) in [6.45, 7) is 2.47. The van der Waals surface area contributed by atoms with Gasteiger partial charge in [-0.2, -0.15) is 0 Å². The summed E-state index contributed by atoms with van der Waals surface area (Å²) in [6, 6.07) is 26.4. The summed E-state index contributed by atoms with van der Waals surface area (Å²) in [6.07, 6.45) is 0. The first-order chi connectivity index (χ1) is 16.6. The van der Waals surface area contributed by atoms with Gasteiger partial charge < -0.3 is 19.5 Å². The van der Waals surface area contributed by atoms with Crippen molar-refractivity contribution in [3.63, 3.8) is 0 Å². The van der Waals surface area contributed by atoms with Crippen molar-refractivity contribution >= 4 is 28.9 Å². The molecule has 6 heteroatoms. The van der Waals surface area contributed by atoms with Crippen LogP contribution in [0.2, 0.25) is 5.02 Å². The number of fused-ring (bicyclic) bond motifs is 6. The molecule has 1 unspecified atom stereocenters. The number of para-hydroxylation sites is 3. The van der Waals surface area contributed by atoms with Gasteiger partial charge in [-0.15, -0.1) is 0 Å². The number of esters is 1. The lowest BCUT2D eigenvalue weighted by atomic mass is 9.77. The average molecular weight is 470 g/mol. The predicted molar refractivity (Wildman–Crippen MR) is 131 cm³/mol. The fraction of sp³-hybridized carbons (Fsp3) is 0.107. The van der Waals surface area contributed by atoms with Crippen LogP contribution < -0.4 is 14.8 Å². The fourth-order valence-electron chi connectivity index (χ4n) is 4.79. The van der Waals surface area contributed by atoms with Gasteiger partial charge in [-0.1, -0.05) is 54.1 Å². The van der Waals surface area contributed by atoms with Gasteiger partial charge in [-0.05, 0) is 49.4 Å². The lowest BCUT2D eigenvalue weighted by Crippen LogP contribution is -2.32. The first kappa shape index (κ1) is 20.6. The van der Waals surface area contributed by atoms with E-state index in [-0.39, 0.29) is 0 Å². The van der Waals surface area contributed by atoms with Gasteiger partial charge in [0.1, 0.15) is 17.2 Å². The maximum Gasteiger partial charge on any atom is 0.342 e. The smallest absolute Gasteiger partial charge is 0.342 e. The number of rotatable bonds is 4. The van der Waals surface area contributed by atoms with Crippen LogP contribution in [0.5, 0.6) is 17.2 Å². The molecule has 6 rings (SSSR count). The van der Waals surface area contributed by atoms with Crippen LogP contribution in [-0.2, 0) is 10.3 Å². The molecule has 34 heavy (non-hydrogen) atoms. The maximum absolute atomic E-state index is 13.5. The second kappa shape index (κ2) is 7.82. The zero-order chi connectivity index (χ0) is 23.3. The van der Waals surface area contributed by atoms with Crippen LogP contribution in [0.3, 0.4) is 0 Å². The number of carbonyl (C=O) groups is 1. The number of ether oxygens (including phenoxy) is 3. The van der Waals surface area contributed by atoms with E-state index in [4.69, 9.17) is 25.8 Å². The van der Waals surface area contributed by atoms with Crippen LogP contribution in [-0.4, -0.2) is 12.6 Å². The number of halogens is 1. The van der Waals surface area contributed by atoms with E-state index in [1.165, 1.54) is 0 Å². The Labute approximate surface area is 201 Å². The quantitative estimate of drug-likeness (QED) is 0.324. The Bertz CT molecular complexity index is 1450. The minimum absolute atomic E-state index is 0.412. The Kier molecular flexibility index (Phi) is 4.74. The first-order valence-corrected chi connectivity index (χ1v) is 11.4. The van der Waals surface area contributed by atoms with Gasteiger partial charge in [-0.3, -0.25) is 0 Å². The van der Waals surface area contributed by atoms with Crippen molar-refractivity contribution in [1.82, 2.24) is 0 Å². The number of hydrogen-bond acceptors (Lipinski definition) is 5. The topological polar surface area (TPSA) is 56.8 Å². The number of benzene rings is 4. The fourth-order valence-corrected chi connectivity index (χ4v) is 4.95. The molecule has 0 bridgehead atoms. The lowest BCUT2D eigenvalue weighted by Gasteiger charge is -2.36. The Morgan fingerprint density at radius 2 is 1.59 bits per heavy atom. The molecule has 2 aliphatic rings. The maximum atomic E-state index is 13.5. The molecule has 0 saturated carbocycles. The molecule has 0 fully saturated rings.